The lowest BCUT2D eigenvalue weighted by Gasteiger charge is -2.36. The van der Waals surface area contributed by atoms with Gasteiger partial charge in [0.1, 0.15) is 6.10 Å². The number of amides is 1. The van der Waals surface area contributed by atoms with Crippen LogP contribution in [0.4, 0.5) is 0 Å². The predicted octanol–water partition coefficient (Wildman–Crippen LogP) is 3.49. The average Bonchev–Trinajstić information content (AvgIpc) is 2.82. The van der Waals surface area contributed by atoms with E-state index < -0.39 is 5.92 Å². The first-order valence-corrected chi connectivity index (χ1v) is 10.5. The second kappa shape index (κ2) is 8.64. The van der Waals surface area contributed by atoms with Crippen molar-refractivity contribution >= 4 is 11.9 Å². The van der Waals surface area contributed by atoms with Crippen LogP contribution in [0.2, 0.25) is 0 Å². The van der Waals surface area contributed by atoms with Crippen molar-refractivity contribution in [2.75, 3.05) is 13.6 Å². The third-order valence-electron chi connectivity index (χ3n) is 6.02. The van der Waals surface area contributed by atoms with Crippen LogP contribution in [0.5, 0.6) is 0 Å². The van der Waals surface area contributed by atoms with E-state index in [1.165, 1.54) is 12.8 Å². The first-order valence-electron chi connectivity index (χ1n) is 10.5. The number of piperidine rings is 1. The van der Waals surface area contributed by atoms with Crippen molar-refractivity contribution < 1.29 is 14.3 Å². The predicted molar refractivity (Wildman–Crippen MR) is 110 cm³/mol. The molecule has 0 aromatic heterocycles. The summed E-state index contributed by atoms with van der Waals surface area (Å²) in [5.74, 6) is -0.725. The molecule has 154 valence electrons. The van der Waals surface area contributed by atoms with E-state index in [0.29, 0.717) is 18.5 Å². The normalized spacial score (nSPS) is 25.9. The fourth-order valence-electron chi connectivity index (χ4n) is 4.49. The van der Waals surface area contributed by atoms with Crippen LogP contribution in [-0.4, -0.2) is 48.6 Å². The van der Waals surface area contributed by atoms with E-state index in [1.807, 2.05) is 51.1 Å². The van der Waals surface area contributed by atoms with E-state index in [1.54, 1.807) is 0 Å². The summed E-state index contributed by atoms with van der Waals surface area (Å²) in [6.07, 6.45) is 4.63. The molecule has 0 aliphatic carbocycles. The molecule has 2 bridgehead atoms. The van der Waals surface area contributed by atoms with E-state index in [2.05, 4.69) is 17.3 Å². The third-order valence-corrected chi connectivity index (χ3v) is 6.02. The number of carbonyl (C=O) groups excluding carboxylic acids is 2. The Morgan fingerprint density at radius 3 is 2.32 bits per heavy atom. The monoisotopic (exact) mass is 386 g/mol. The van der Waals surface area contributed by atoms with Crippen molar-refractivity contribution in [2.45, 2.75) is 77.0 Å². The summed E-state index contributed by atoms with van der Waals surface area (Å²) in [7, 11) is 2.18. The summed E-state index contributed by atoms with van der Waals surface area (Å²) in [5, 5.41) is 2.94. The molecule has 1 amide bonds. The number of hydrogen-bond acceptors (Lipinski definition) is 4. The lowest BCUT2D eigenvalue weighted by molar-refractivity contribution is -0.154. The number of carbonyl (C=O) groups is 2. The highest BCUT2D eigenvalue weighted by Crippen LogP contribution is 2.36. The highest BCUT2D eigenvalue weighted by atomic mass is 16.5. The van der Waals surface area contributed by atoms with Gasteiger partial charge in [0.05, 0.1) is 5.92 Å². The van der Waals surface area contributed by atoms with Gasteiger partial charge in [-0.2, -0.15) is 0 Å². The van der Waals surface area contributed by atoms with Gasteiger partial charge in [-0.05, 0) is 43.7 Å². The minimum atomic E-state index is -0.470. The van der Waals surface area contributed by atoms with Crippen LogP contribution < -0.4 is 5.32 Å². The van der Waals surface area contributed by atoms with Crippen molar-refractivity contribution in [2.24, 2.45) is 5.41 Å². The van der Waals surface area contributed by atoms with Crippen LogP contribution in [0.15, 0.2) is 30.3 Å². The number of hydrogen-bond donors (Lipinski definition) is 1. The molecule has 2 heterocycles. The number of benzene rings is 1. The topological polar surface area (TPSA) is 58.6 Å². The minimum Gasteiger partial charge on any atom is -0.462 e. The molecule has 0 spiro atoms. The molecule has 2 aliphatic heterocycles. The zero-order chi connectivity index (χ0) is 20.3. The largest absolute Gasteiger partial charge is 0.462 e. The SMILES string of the molecule is CN1[C@@H]2CC[C@H]1C[C@@H](OC(=O)C(CNC(=O)CC(C)(C)C)c1ccccc1)C2. The second-order valence-electron chi connectivity index (χ2n) is 9.59. The highest BCUT2D eigenvalue weighted by Gasteiger charge is 2.40. The Bertz CT molecular complexity index is 669. The van der Waals surface area contributed by atoms with Gasteiger partial charge in [-0.25, -0.2) is 0 Å². The molecule has 0 radical (unpaired) electrons. The quantitative estimate of drug-likeness (QED) is 0.761. The van der Waals surface area contributed by atoms with Gasteiger partial charge in [-0.15, -0.1) is 0 Å². The van der Waals surface area contributed by atoms with Gasteiger partial charge in [-0.1, -0.05) is 51.1 Å². The third kappa shape index (κ3) is 5.34. The Balaban J connectivity index is 1.63. The van der Waals surface area contributed by atoms with Crippen molar-refractivity contribution in [3.05, 3.63) is 35.9 Å². The first kappa shape index (κ1) is 20.8. The van der Waals surface area contributed by atoms with Crippen LogP contribution in [0.1, 0.15) is 64.4 Å². The van der Waals surface area contributed by atoms with Gasteiger partial charge in [0.2, 0.25) is 5.91 Å². The molecule has 2 fully saturated rings. The van der Waals surface area contributed by atoms with E-state index in [-0.39, 0.29) is 29.9 Å². The highest BCUT2D eigenvalue weighted by molar-refractivity contribution is 5.81. The summed E-state index contributed by atoms with van der Waals surface area (Å²) in [4.78, 5) is 27.7. The Kier molecular flexibility index (Phi) is 6.43. The standard InChI is InChI=1S/C23H34N2O3/c1-23(2,3)14-21(26)24-15-20(16-8-6-5-7-9-16)22(27)28-19-12-17-10-11-18(13-19)25(17)4/h5-9,17-20H,10-15H2,1-4H3,(H,24,26)/t17-,18+,19+,20?. The van der Waals surface area contributed by atoms with E-state index in [0.717, 1.165) is 18.4 Å². The molecule has 3 rings (SSSR count). The van der Waals surface area contributed by atoms with Crippen LogP contribution in [-0.2, 0) is 14.3 Å². The molecule has 28 heavy (non-hydrogen) atoms. The molecule has 1 aromatic carbocycles. The molecule has 5 nitrogen and oxygen atoms in total. The van der Waals surface area contributed by atoms with Crippen LogP contribution >= 0.6 is 0 Å². The summed E-state index contributed by atoms with van der Waals surface area (Å²) < 4.78 is 5.95. The maximum Gasteiger partial charge on any atom is 0.315 e. The molecule has 4 atom stereocenters. The Labute approximate surface area is 168 Å². The molecule has 1 aromatic rings. The summed E-state index contributed by atoms with van der Waals surface area (Å²) in [6.45, 7) is 6.37. The average molecular weight is 387 g/mol. The second-order valence-corrected chi connectivity index (χ2v) is 9.59. The lowest BCUT2D eigenvalue weighted by atomic mass is 9.91. The smallest absolute Gasteiger partial charge is 0.315 e. The Morgan fingerprint density at radius 2 is 1.75 bits per heavy atom. The molecule has 1 N–H and O–H groups in total. The van der Waals surface area contributed by atoms with Gasteiger partial charge in [-0.3, -0.25) is 9.59 Å². The molecular weight excluding hydrogens is 352 g/mol. The van der Waals surface area contributed by atoms with Gasteiger partial charge < -0.3 is 15.0 Å². The molecule has 5 heteroatoms. The number of ether oxygens (including phenoxy) is 1. The number of rotatable bonds is 6. The Hall–Kier alpha value is -1.88. The number of nitrogens with one attached hydrogen (secondary N) is 1. The molecule has 2 saturated heterocycles. The number of esters is 1. The van der Waals surface area contributed by atoms with E-state index >= 15 is 0 Å². The zero-order valence-electron chi connectivity index (χ0n) is 17.6. The number of fused-ring (bicyclic) bond motifs is 2. The van der Waals surface area contributed by atoms with Gasteiger partial charge >= 0.3 is 5.97 Å². The van der Waals surface area contributed by atoms with E-state index in [4.69, 9.17) is 4.74 Å². The van der Waals surface area contributed by atoms with Crippen LogP contribution in [0.25, 0.3) is 0 Å². The van der Waals surface area contributed by atoms with Crippen LogP contribution in [0, 0.1) is 5.41 Å². The van der Waals surface area contributed by atoms with Crippen molar-refractivity contribution in [3.8, 4) is 0 Å². The minimum absolute atomic E-state index is 0.0160. The number of nitrogens with zero attached hydrogens (tertiary/aromatic N) is 1. The molecular formula is C23H34N2O3. The first-order chi connectivity index (χ1) is 13.2. The Morgan fingerprint density at radius 1 is 1.14 bits per heavy atom. The van der Waals surface area contributed by atoms with E-state index in [9.17, 15) is 9.59 Å². The maximum absolute atomic E-state index is 13.0. The molecule has 1 unspecified atom stereocenters. The molecule has 2 aliphatic rings. The lowest BCUT2D eigenvalue weighted by Crippen LogP contribution is -2.44. The molecule has 0 saturated carbocycles. The van der Waals surface area contributed by atoms with Crippen molar-refractivity contribution in [1.82, 2.24) is 10.2 Å². The van der Waals surface area contributed by atoms with Crippen molar-refractivity contribution in [1.29, 1.82) is 0 Å². The zero-order valence-corrected chi connectivity index (χ0v) is 17.6. The summed E-state index contributed by atoms with van der Waals surface area (Å²) in [5.41, 5.74) is 0.805. The fourth-order valence-corrected chi connectivity index (χ4v) is 4.49. The van der Waals surface area contributed by atoms with Crippen molar-refractivity contribution in [3.63, 3.8) is 0 Å². The van der Waals surface area contributed by atoms with Gasteiger partial charge in [0.25, 0.3) is 0 Å². The van der Waals surface area contributed by atoms with Gasteiger partial charge in [0, 0.05) is 25.0 Å². The fraction of sp³-hybridized carbons (Fsp3) is 0.652. The maximum atomic E-state index is 13.0. The summed E-state index contributed by atoms with van der Waals surface area (Å²) >= 11 is 0. The van der Waals surface area contributed by atoms with Gasteiger partial charge in [0.15, 0.2) is 0 Å². The summed E-state index contributed by atoms with van der Waals surface area (Å²) in [6, 6.07) is 10.7. The van der Waals surface area contributed by atoms with Crippen LogP contribution in [0.3, 0.4) is 0 Å².